The zero-order valence-corrected chi connectivity index (χ0v) is 25.1. The molecule has 46 heavy (non-hydrogen) atoms. The number of nitrogens with zero attached hydrogens (tertiary/aromatic N) is 1. The predicted molar refractivity (Wildman–Crippen MR) is 173 cm³/mol. The van der Waals surface area contributed by atoms with Crippen LogP contribution >= 0.6 is 0 Å². The molecule has 0 aliphatic carbocycles. The molecule has 234 valence electrons. The average molecular weight is 642 g/mol. The van der Waals surface area contributed by atoms with E-state index in [1.165, 1.54) is 48.7 Å². The Kier molecular flexibility index (Phi) is 12.5. The maximum absolute atomic E-state index is 13.4. The van der Waals surface area contributed by atoms with Crippen LogP contribution in [0.25, 0.3) is 0 Å². The van der Waals surface area contributed by atoms with E-state index in [1.54, 1.807) is 66.9 Å². The molecule has 1 aromatic heterocycles. The minimum atomic E-state index is -1.20. The van der Waals surface area contributed by atoms with Crippen LogP contribution in [0.15, 0.2) is 119 Å². The molecule has 5 rings (SSSR count). The number of aromatic carboxylic acids is 1. The highest BCUT2D eigenvalue weighted by atomic mass is 32.2. The molecule has 0 saturated carbocycles. The fraction of sp³-hybridized carbons (Fsp3) is 0.0303. The van der Waals surface area contributed by atoms with Gasteiger partial charge in [-0.1, -0.05) is 24.3 Å². The van der Waals surface area contributed by atoms with Crippen LogP contribution in [-0.2, 0) is 11.2 Å². The molecule has 0 fully saturated rings. The molecular formula is C33H28FN5O6S. The summed E-state index contributed by atoms with van der Waals surface area (Å²) in [6.45, 7) is 0. The Hall–Kier alpha value is -6.10. The molecule has 13 heteroatoms. The van der Waals surface area contributed by atoms with Crippen molar-refractivity contribution in [2.24, 2.45) is 0 Å². The molecule has 0 saturated heterocycles. The SMILES string of the molecule is C[S+]([O-])c1ccccc1C(=O)Nc1ccc(N)cc1.N#Cc1cc(NC(=O)c2ccccc2F)ccc1N.O=C(O)c1ccco1. The molecular weight excluding hydrogens is 613 g/mol. The quantitative estimate of drug-likeness (QED) is 0.112. The maximum Gasteiger partial charge on any atom is 0.371 e. The van der Waals surface area contributed by atoms with E-state index in [9.17, 15) is 23.3 Å². The lowest BCUT2D eigenvalue weighted by Crippen LogP contribution is -2.16. The first-order valence-corrected chi connectivity index (χ1v) is 14.8. The molecule has 11 nitrogen and oxygen atoms in total. The van der Waals surface area contributed by atoms with Gasteiger partial charge in [-0.15, -0.1) is 0 Å². The molecule has 0 bridgehead atoms. The number of hydrogen-bond acceptors (Lipinski definition) is 8. The van der Waals surface area contributed by atoms with Gasteiger partial charge in [0, 0.05) is 22.7 Å². The lowest BCUT2D eigenvalue weighted by Gasteiger charge is -2.10. The maximum atomic E-state index is 13.4. The van der Waals surface area contributed by atoms with Crippen molar-refractivity contribution < 1.29 is 32.9 Å². The van der Waals surface area contributed by atoms with Gasteiger partial charge in [-0.25, -0.2) is 9.18 Å². The van der Waals surface area contributed by atoms with E-state index < -0.39 is 28.9 Å². The Labute approximate surface area is 266 Å². The van der Waals surface area contributed by atoms with Crippen molar-refractivity contribution in [2.75, 3.05) is 28.4 Å². The molecule has 0 aliphatic heterocycles. The third-order valence-corrected chi connectivity index (χ3v) is 6.87. The fourth-order valence-electron chi connectivity index (χ4n) is 3.64. The van der Waals surface area contributed by atoms with E-state index in [0.29, 0.717) is 33.2 Å². The number of halogens is 1. The lowest BCUT2D eigenvalue weighted by molar-refractivity contribution is 0.0662. The lowest BCUT2D eigenvalue weighted by atomic mass is 10.1. The monoisotopic (exact) mass is 641 g/mol. The highest BCUT2D eigenvalue weighted by Gasteiger charge is 2.17. The van der Waals surface area contributed by atoms with Crippen molar-refractivity contribution in [3.05, 3.63) is 138 Å². The van der Waals surface area contributed by atoms with Crippen LogP contribution in [0.1, 0.15) is 36.8 Å². The number of amides is 2. The summed E-state index contributed by atoms with van der Waals surface area (Å²) in [4.78, 5) is 34.5. The number of hydrogen-bond donors (Lipinski definition) is 5. The number of nitrogens with two attached hydrogens (primary N) is 2. The summed E-state index contributed by atoms with van der Waals surface area (Å²) in [6.07, 6.45) is 2.87. The van der Waals surface area contributed by atoms with Gasteiger partial charge in [0.2, 0.25) is 5.76 Å². The van der Waals surface area contributed by atoms with Gasteiger partial charge in [-0.05, 0) is 90.0 Å². The number of nitrogens with one attached hydrogen (secondary N) is 2. The standard InChI is InChI=1S/C14H10FN3O.C14H14N2O2S.C5H4O3/c15-12-4-2-1-3-11(12)14(19)18-10-5-6-13(17)9(7-10)8-16;1-19(18)13-5-3-2-4-12(13)14(17)16-11-8-6-10(15)7-9-11;6-5(7)4-2-1-3-8-4/h1-7H,17H2,(H,18,19);2-9H,15H2,1H3,(H,16,17);1-3H,(H,6,7). The topological polar surface area (TPSA) is 208 Å². The molecule has 1 unspecified atom stereocenters. The Balaban J connectivity index is 0.000000203. The van der Waals surface area contributed by atoms with Crippen molar-refractivity contribution in [1.82, 2.24) is 0 Å². The first-order valence-electron chi connectivity index (χ1n) is 13.2. The van der Waals surface area contributed by atoms with E-state index in [1.807, 2.05) is 6.07 Å². The van der Waals surface area contributed by atoms with Gasteiger partial charge in [0.1, 0.15) is 18.1 Å². The van der Waals surface area contributed by atoms with Crippen LogP contribution in [-0.4, -0.2) is 33.7 Å². The van der Waals surface area contributed by atoms with Gasteiger partial charge in [0.05, 0.1) is 23.0 Å². The third kappa shape index (κ3) is 9.98. The van der Waals surface area contributed by atoms with E-state index in [2.05, 4.69) is 15.1 Å². The van der Waals surface area contributed by atoms with Gasteiger partial charge in [-0.2, -0.15) is 5.26 Å². The highest BCUT2D eigenvalue weighted by Crippen LogP contribution is 2.19. The zero-order chi connectivity index (χ0) is 33.6. The number of carboxylic acids is 1. The molecule has 4 aromatic carbocycles. The summed E-state index contributed by atoms with van der Waals surface area (Å²) >= 11 is -1.20. The fourth-order valence-corrected chi connectivity index (χ4v) is 4.39. The van der Waals surface area contributed by atoms with Crippen LogP contribution in [0.4, 0.5) is 27.1 Å². The first kappa shape index (κ1) is 34.4. The smallest absolute Gasteiger partial charge is 0.371 e. The molecule has 0 spiro atoms. The Bertz CT molecular complexity index is 1840. The summed E-state index contributed by atoms with van der Waals surface area (Å²) in [5.74, 6) is -2.52. The van der Waals surface area contributed by atoms with Crippen LogP contribution in [0.3, 0.4) is 0 Å². The Morgan fingerprint density at radius 3 is 2.00 bits per heavy atom. The van der Waals surface area contributed by atoms with Crippen LogP contribution < -0.4 is 22.1 Å². The number of nitriles is 1. The number of nitrogen functional groups attached to an aromatic ring is 2. The average Bonchev–Trinajstić information content (AvgIpc) is 3.60. The van der Waals surface area contributed by atoms with Crippen LogP contribution in [0.2, 0.25) is 0 Å². The number of anilines is 4. The van der Waals surface area contributed by atoms with E-state index in [0.717, 1.165) is 0 Å². The second kappa shape index (κ2) is 16.7. The normalized spacial score (nSPS) is 10.5. The second-order valence-corrected chi connectivity index (χ2v) is 10.5. The highest BCUT2D eigenvalue weighted by molar-refractivity contribution is 7.90. The van der Waals surface area contributed by atoms with Gasteiger partial charge < -0.3 is 36.2 Å². The van der Waals surface area contributed by atoms with Gasteiger partial charge in [0.15, 0.2) is 4.90 Å². The van der Waals surface area contributed by atoms with Gasteiger partial charge in [-0.3, -0.25) is 9.59 Å². The first-order chi connectivity index (χ1) is 22.0. The summed E-state index contributed by atoms with van der Waals surface area (Å²) in [5.41, 5.74) is 13.8. The second-order valence-electron chi connectivity index (χ2n) is 9.16. The third-order valence-electron chi connectivity index (χ3n) is 5.89. The van der Waals surface area contributed by atoms with Crippen molar-refractivity contribution in [3.63, 3.8) is 0 Å². The molecule has 2 amide bonds. The molecule has 5 aromatic rings. The predicted octanol–water partition coefficient (Wildman–Crippen LogP) is 5.77. The van der Waals surface area contributed by atoms with Crippen LogP contribution in [0, 0.1) is 17.1 Å². The molecule has 1 heterocycles. The van der Waals surface area contributed by atoms with E-state index in [-0.39, 0.29) is 22.8 Å². The summed E-state index contributed by atoms with van der Waals surface area (Å²) in [5, 5.41) is 22.3. The number of carboxylic acid groups (broad SMARTS) is 1. The minimum Gasteiger partial charge on any atom is -0.612 e. The number of carbonyl (C=O) groups excluding carboxylic acids is 2. The molecule has 1 atom stereocenters. The summed E-state index contributed by atoms with van der Waals surface area (Å²) in [6, 6.07) is 28.7. The Morgan fingerprint density at radius 1 is 0.848 bits per heavy atom. The van der Waals surface area contributed by atoms with Crippen molar-refractivity contribution in [1.29, 1.82) is 5.26 Å². The molecule has 7 N–H and O–H groups in total. The molecule has 0 aliphatic rings. The Morgan fingerprint density at radius 2 is 1.43 bits per heavy atom. The number of rotatable bonds is 6. The number of furan rings is 1. The van der Waals surface area contributed by atoms with Crippen molar-refractivity contribution >= 4 is 51.7 Å². The van der Waals surface area contributed by atoms with E-state index >= 15 is 0 Å². The zero-order valence-electron chi connectivity index (χ0n) is 24.3. The summed E-state index contributed by atoms with van der Waals surface area (Å²) < 4.78 is 29.5. The molecule has 0 radical (unpaired) electrons. The van der Waals surface area contributed by atoms with Crippen LogP contribution in [0.5, 0.6) is 0 Å². The summed E-state index contributed by atoms with van der Waals surface area (Å²) in [7, 11) is 0. The van der Waals surface area contributed by atoms with Crippen molar-refractivity contribution in [3.8, 4) is 6.07 Å². The van der Waals surface area contributed by atoms with Crippen molar-refractivity contribution in [2.45, 2.75) is 4.90 Å². The largest absolute Gasteiger partial charge is 0.612 e. The minimum absolute atomic E-state index is 0.0231. The number of carbonyl (C=O) groups is 3. The van der Waals surface area contributed by atoms with Gasteiger partial charge in [0.25, 0.3) is 11.8 Å². The van der Waals surface area contributed by atoms with E-state index in [4.69, 9.17) is 21.8 Å². The number of benzene rings is 4. The van der Waals surface area contributed by atoms with Gasteiger partial charge >= 0.3 is 5.97 Å².